The summed E-state index contributed by atoms with van der Waals surface area (Å²) in [7, 11) is 3.36. The van der Waals surface area contributed by atoms with Crippen molar-refractivity contribution >= 4 is 23.5 Å². The van der Waals surface area contributed by atoms with Crippen LogP contribution < -0.4 is 0 Å². The fraction of sp³-hybridized carbons (Fsp3) is 0.700. The monoisotopic (exact) mass is 729 g/mol. The predicted molar refractivity (Wildman–Crippen MR) is 193 cm³/mol. The van der Waals surface area contributed by atoms with Crippen LogP contribution in [0, 0.1) is 36.0 Å². The maximum Gasteiger partial charge on any atom is 0.316 e. The van der Waals surface area contributed by atoms with Crippen molar-refractivity contribution in [2.75, 3.05) is 14.2 Å². The summed E-state index contributed by atoms with van der Waals surface area (Å²) >= 11 is 0. The molecule has 12 heteroatoms. The van der Waals surface area contributed by atoms with E-state index in [9.17, 15) is 29.4 Å². The van der Waals surface area contributed by atoms with Gasteiger partial charge in [-0.3, -0.25) is 24.1 Å². The largest absolute Gasteiger partial charge is 0.459 e. The Morgan fingerprint density at radius 2 is 1.69 bits per heavy atom. The predicted octanol–water partition coefficient (Wildman–Crippen LogP) is 3.85. The maximum atomic E-state index is 14.2. The number of rotatable bonds is 8. The molecule has 0 saturated carbocycles. The van der Waals surface area contributed by atoms with E-state index in [0.29, 0.717) is 13.0 Å². The van der Waals surface area contributed by atoms with Gasteiger partial charge in [-0.05, 0) is 71.2 Å². The number of esters is 2. The van der Waals surface area contributed by atoms with Gasteiger partial charge in [0.05, 0.1) is 30.0 Å². The Balaban J connectivity index is 2.10. The zero-order chi connectivity index (χ0) is 39.3. The Bertz CT molecular complexity index is 1450. The van der Waals surface area contributed by atoms with Gasteiger partial charge in [-0.25, -0.2) is 0 Å². The van der Waals surface area contributed by atoms with Crippen LogP contribution in [0.15, 0.2) is 24.3 Å². The second-order valence-corrected chi connectivity index (χ2v) is 15.2. The van der Waals surface area contributed by atoms with Gasteiger partial charge < -0.3 is 33.9 Å². The number of nitrogens with zero attached hydrogens (tertiary/aromatic N) is 1. The summed E-state index contributed by atoms with van der Waals surface area (Å²) in [6, 6.07) is 7.22. The summed E-state index contributed by atoms with van der Waals surface area (Å²) in [5.74, 6) is -3.71. The second kappa shape index (κ2) is 17.8. The summed E-state index contributed by atoms with van der Waals surface area (Å²) in [6.07, 6.45) is -0.342. The van der Waals surface area contributed by atoms with Gasteiger partial charge >= 0.3 is 11.9 Å². The average molecular weight is 730 g/mol. The summed E-state index contributed by atoms with van der Waals surface area (Å²) in [6.45, 7) is 14.7. The molecule has 1 aromatic carbocycles. The SMILES string of the molecule is C#Cc1ccc(CN(C)[C@H]2C[C@@H](C)O[C@@H](O[C@@H]3[C@@H](C)C(=O)[C@@H](C)C(=O)O[C@H](CC)[C@@](C)(O)[C@H](O)[C@@H](C)C(=O)C[C@@H](C)[C@@]3(C)OC)[C@@H]2OC(C)=O)cc1. The third-order valence-electron chi connectivity index (χ3n) is 11.3. The second-order valence-electron chi connectivity index (χ2n) is 15.2. The van der Waals surface area contributed by atoms with Crippen LogP contribution in [-0.2, 0) is 49.4 Å². The van der Waals surface area contributed by atoms with Gasteiger partial charge in [-0.2, -0.15) is 0 Å². The summed E-state index contributed by atoms with van der Waals surface area (Å²) < 4.78 is 30.9. The van der Waals surface area contributed by atoms with Gasteiger partial charge in [0.15, 0.2) is 18.2 Å². The molecule has 0 bridgehead atoms. The van der Waals surface area contributed by atoms with Crippen LogP contribution in [0.5, 0.6) is 0 Å². The molecule has 2 aliphatic rings. The molecule has 0 spiro atoms. The van der Waals surface area contributed by atoms with Crippen molar-refractivity contribution < 1.29 is 53.1 Å². The number of hydrogen-bond donors (Lipinski definition) is 2. The molecular weight excluding hydrogens is 670 g/mol. The van der Waals surface area contributed by atoms with Crippen LogP contribution in [0.25, 0.3) is 0 Å². The number of Topliss-reactive ketones (excluding diaryl/α,β-unsaturated/α-hetero) is 2. The molecule has 13 atom stereocenters. The van der Waals surface area contributed by atoms with E-state index in [1.807, 2.05) is 38.2 Å². The molecule has 12 nitrogen and oxygen atoms in total. The van der Waals surface area contributed by atoms with Crippen LogP contribution in [0.3, 0.4) is 0 Å². The normalized spacial score (nSPS) is 38.2. The van der Waals surface area contributed by atoms with Crippen LogP contribution >= 0.6 is 0 Å². The van der Waals surface area contributed by atoms with Crippen molar-refractivity contribution in [1.82, 2.24) is 4.90 Å². The van der Waals surface area contributed by atoms with Crippen molar-refractivity contribution in [3.05, 3.63) is 35.4 Å². The summed E-state index contributed by atoms with van der Waals surface area (Å²) in [4.78, 5) is 56.1. The molecule has 0 radical (unpaired) electrons. The molecule has 2 fully saturated rings. The molecular formula is C40H59NO11. The lowest BCUT2D eigenvalue weighted by molar-refractivity contribution is -0.302. The molecule has 3 rings (SSSR count). The fourth-order valence-corrected chi connectivity index (χ4v) is 7.57. The molecule has 52 heavy (non-hydrogen) atoms. The van der Waals surface area contributed by atoms with Gasteiger partial charge in [0.25, 0.3) is 0 Å². The number of hydrogen-bond acceptors (Lipinski definition) is 12. The number of terminal acetylenes is 1. The van der Waals surface area contributed by atoms with Crippen molar-refractivity contribution in [3.8, 4) is 12.3 Å². The molecule has 2 aliphatic heterocycles. The molecule has 2 N–H and O–H groups in total. The van der Waals surface area contributed by atoms with Gasteiger partial charge in [0.2, 0.25) is 0 Å². The zero-order valence-corrected chi connectivity index (χ0v) is 32.6. The number of carbonyl (C=O) groups is 4. The number of likely N-dealkylation sites (N-methyl/N-ethyl adjacent to an activating group) is 1. The third-order valence-corrected chi connectivity index (χ3v) is 11.3. The van der Waals surface area contributed by atoms with Gasteiger partial charge in [0, 0.05) is 44.4 Å². The Labute approximate surface area is 308 Å². The molecule has 0 aromatic heterocycles. The number of aliphatic hydroxyl groups excluding tert-OH is 1. The smallest absolute Gasteiger partial charge is 0.316 e. The molecule has 0 amide bonds. The van der Waals surface area contributed by atoms with E-state index in [1.54, 1.807) is 27.7 Å². The van der Waals surface area contributed by atoms with Crippen LogP contribution in [0.2, 0.25) is 0 Å². The topological polar surface area (TPSA) is 158 Å². The lowest BCUT2D eigenvalue weighted by Crippen LogP contribution is -2.61. The molecule has 0 unspecified atom stereocenters. The first-order valence-corrected chi connectivity index (χ1v) is 18.2. The fourth-order valence-electron chi connectivity index (χ4n) is 7.57. The zero-order valence-electron chi connectivity index (χ0n) is 32.6. The number of ether oxygens (including phenoxy) is 5. The molecule has 2 saturated heterocycles. The van der Waals surface area contributed by atoms with Crippen molar-refractivity contribution in [2.24, 2.45) is 23.7 Å². The number of aliphatic hydroxyl groups is 2. The van der Waals surface area contributed by atoms with Gasteiger partial charge in [-0.15, -0.1) is 6.42 Å². The Hall–Kier alpha value is -3.18. The quantitative estimate of drug-likeness (QED) is 0.227. The lowest BCUT2D eigenvalue weighted by Gasteiger charge is -2.49. The van der Waals surface area contributed by atoms with Crippen molar-refractivity contribution in [2.45, 2.75) is 142 Å². The Kier molecular flexibility index (Phi) is 14.8. The highest BCUT2D eigenvalue weighted by molar-refractivity contribution is 6.00. The van der Waals surface area contributed by atoms with Crippen LogP contribution in [0.4, 0.5) is 0 Å². The van der Waals surface area contributed by atoms with E-state index in [1.165, 1.54) is 34.8 Å². The summed E-state index contributed by atoms with van der Waals surface area (Å²) in [5.41, 5.74) is -1.59. The number of ketones is 2. The molecule has 2 heterocycles. The van der Waals surface area contributed by atoms with E-state index in [0.717, 1.165) is 11.1 Å². The highest BCUT2D eigenvalue weighted by Gasteiger charge is 2.53. The standard InChI is InChI=1S/C40H59NO11/c1-13-28-15-17-29(18-16-28)21-41(11)30-20-23(4)49-38(34(30)50-27(8)42)52-36-25(6)33(44)26(7)37(46)51-32(14-2)39(9,47)35(45)24(5)31(43)19-22(3)40(36,10)48-12/h1,15-18,22-26,30,32,34-36,38,45,47H,14,19-21H2,2-12H3/t22-,23-,24+,25+,26-,30+,32-,34-,35-,36-,38+,39-,40-/m1/s1. The van der Waals surface area contributed by atoms with E-state index < -0.39 is 83.3 Å². The molecule has 1 aromatic rings. The molecule has 290 valence electrons. The minimum Gasteiger partial charge on any atom is -0.459 e. The third kappa shape index (κ3) is 9.48. The van der Waals surface area contributed by atoms with E-state index in [4.69, 9.17) is 30.1 Å². The first-order valence-electron chi connectivity index (χ1n) is 18.2. The maximum absolute atomic E-state index is 14.2. The first-order chi connectivity index (χ1) is 24.2. The Morgan fingerprint density at radius 3 is 2.23 bits per heavy atom. The van der Waals surface area contributed by atoms with Crippen molar-refractivity contribution in [3.63, 3.8) is 0 Å². The van der Waals surface area contributed by atoms with Gasteiger partial charge in [-0.1, -0.05) is 45.7 Å². The van der Waals surface area contributed by atoms with Crippen molar-refractivity contribution in [1.29, 1.82) is 0 Å². The van der Waals surface area contributed by atoms with Gasteiger partial charge in [0.1, 0.15) is 23.4 Å². The number of carbonyl (C=O) groups excluding carboxylic acids is 4. The number of cyclic esters (lactones) is 1. The number of benzene rings is 1. The minimum atomic E-state index is -1.98. The molecule has 0 aliphatic carbocycles. The van der Waals surface area contributed by atoms with Crippen LogP contribution in [0.1, 0.15) is 92.7 Å². The summed E-state index contributed by atoms with van der Waals surface area (Å²) in [5, 5.41) is 22.6. The highest BCUT2D eigenvalue weighted by Crippen LogP contribution is 2.40. The highest BCUT2D eigenvalue weighted by atomic mass is 16.7. The minimum absolute atomic E-state index is 0.106. The number of methoxy groups -OCH3 is 1. The lowest BCUT2D eigenvalue weighted by atomic mass is 9.73. The Morgan fingerprint density at radius 1 is 1.08 bits per heavy atom. The van der Waals surface area contributed by atoms with E-state index in [-0.39, 0.29) is 30.8 Å². The first kappa shape index (κ1) is 43.2. The van der Waals surface area contributed by atoms with E-state index in [2.05, 4.69) is 10.8 Å². The van der Waals surface area contributed by atoms with Crippen LogP contribution in [-0.4, -0.2) is 107 Å². The average Bonchev–Trinajstić information content (AvgIpc) is 3.10. The van der Waals surface area contributed by atoms with E-state index >= 15 is 0 Å².